The molecule has 32 heavy (non-hydrogen) atoms. The first kappa shape index (κ1) is 21.3. The van der Waals surface area contributed by atoms with Crippen molar-refractivity contribution in [2.75, 3.05) is 10.6 Å². The van der Waals surface area contributed by atoms with Crippen LogP contribution in [0.3, 0.4) is 0 Å². The molecule has 3 aromatic carbocycles. The third-order valence-corrected chi connectivity index (χ3v) is 5.25. The molecular formula is C26H26N4O2. The number of carbonyl (C=O) groups excluding carboxylic acids is 2. The second-order valence-corrected chi connectivity index (χ2v) is 7.87. The zero-order valence-corrected chi connectivity index (χ0v) is 18.2. The lowest BCUT2D eigenvalue weighted by molar-refractivity contribution is -0.116. The molecule has 162 valence electrons. The maximum absolute atomic E-state index is 12.4. The van der Waals surface area contributed by atoms with Gasteiger partial charge in [0.2, 0.25) is 5.91 Å². The lowest BCUT2D eigenvalue weighted by Gasteiger charge is -2.06. The summed E-state index contributed by atoms with van der Waals surface area (Å²) in [5.41, 5.74) is 5.78. The Morgan fingerprint density at radius 3 is 2.34 bits per heavy atom. The van der Waals surface area contributed by atoms with E-state index >= 15 is 0 Å². The van der Waals surface area contributed by atoms with Crippen molar-refractivity contribution >= 4 is 34.2 Å². The second kappa shape index (κ2) is 9.47. The van der Waals surface area contributed by atoms with Crippen molar-refractivity contribution in [1.82, 2.24) is 9.97 Å². The first-order chi connectivity index (χ1) is 15.5. The highest BCUT2D eigenvalue weighted by Crippen LogP contribution is 2.24. The lowest BCUT2D eigenvalue weighted by atomic mass is 10.1. The van der Waals surface area contributed by atoms with E-state index in [-0.39, 0.29) is 11.8 Å². The van der Waals surface area contributed by atoms with Gasteiger partial charge in [-0.3, -0.25) is 9.59 Å². The normalized spacial score (nSPS) is 10.8. The van der Waals surface area contributed by atoms with E-state index in [1.165, 1.54) is 0 Å². The number of aromatic amines is 1. The zero-order chi connectivity index (χ0) is 22.5. The van der Waals surface area contributed by atoms with E-state index < -0.39 is 0 Å². The standard InChI is InChI=1S/C26H26N4O2/c1-3-4-5-24(31)27-21-14-15-22-23(16-21)30-25(29-22)18-10-12-20(13-11-18)28-26(32)19-8-6-17(2)7-9-19/h6-16H,3-5H2,1-2H3,(H,27,31)(H,28,32)(H,29,30). The number of carbonyl (C=O) groups is 2. The molecule has 0 saturated carbocycles. The molecule has 1 heterocycles. The van der Waals surface area contributed by atoms with Gasteiger partial charge in [0.1, 0.15) is 5.82 Å². The number of anilines is 2. The van der Waals surface area contributed by atoms with Gasteiger partial charge >= 0.3 is 0 Å². The quantitative estimate of drug-likeness (QED) is 0.343. The Morgan fingerprint density at radius 1 is 0.906 bits per heavy atom. The summed E-state index contributed by atoms with van der Waals surface area (Å²) in [6.45, 7) is 4.05. The van der Waals surface area contributed by atoms with Crippen LogP contribution in [-0.4, -0.2) is 21.8 Å². The van der Waals surface area contributed by atoms with Crippen molar-refractivity contribution in [3.8, 4) is 11.4 Å². The van der Waals surface area contributed by atoms with Gasteiger partial charge in [-0.05, 0) is 67.9 Å². The van der Waals surface area contributed by atoms with E-state index in [9.17, 15) is 9.59 Å². The highest BCUT2D eigenvalue weighted by Gasteiger charge is 2.09. The summed E-state index contributed by atoms with van der Waals surface area (Å²) in [6.07, 6.45) is 2.39. The van der Waals surface area contributed by atoms with Crippen LogP contribution in [0.5, 0.6) is 0 Å². The molecule has 0 spiro atoms. The molecule has 4 aromatic rings. The Morgan fingerprint density at radius 2 is 1.62 bits per heavy atom. The summed E-state index contributed by atoms with van der Waals surface area (Å²) in [5, 5.41) is 5.85. The van der Waals surface area contributed by atoms with Crippen LogP contribution in [0.2, 0.25) is 0 Å². The minimum absolute atomic E-state index is 0.0224. The van der Waals surface area contributed by atoms with E-state index in [0.29, 0.717) is 17.7 Å². The van der Waals surface area contributed by atoms with Crippen LogP contribution in [0.15, 0.2) is 66.7 Å². The largest absolute Gasteiger partial charge is 0.338 e. The molecule has 0 bridgehead atoms. The molecule has 0 atom stereocenters. The van der Waals surface area contributed by atoms with E-state index in [2.05, 4.69) is 27.5 Å². The summed E-state index contributed by atoms with van der Waals surface area (Å²) in [7, 11) is 0. The SMILES string of the molecule is CCCCC(=O)Nc1ccc2nc(-c3ccc(NC(=O)c4ccc(C)cc4)cc3)[nH]c2c1. The Hall–Kier alpha value is -3.93. The number of amides is 2. The van der Waals surface area contributed by atoms with E-state index in [1.54, 1.807) is 0 Å². The van der Waals surface area contributed by atoms with Crippen molar-refractivity contribution in [2.45, 2.75) is 33.1 Å². The fourth-order valence-corrected chi connectivity index (χ4v) is 3.40. The molecule has 0 aliphatic heterocycles. The Balaban J connectivity index is 1.46. The fraction of sp³-hybridized carbons (Fsp3) is 0.192. The third-order valence-electron chi connectivity index (χ3n) is 5.25. The number of nitrogens with one attached hydrogen (secondary N) is 3. The van der Waals surface area contributed by atoms with Crippen LogP contribution in [0, 0.1) is 6.92 Å². The number of imidazole rings is 1. The maximum atomic E-state index is 12.4. The van der Waals surface area contributed by atoms with Crippen LogP contribution in [-0.2, 0) is 4.79 Å². The lowest BCUT2D eigenvalue weighted by Crippen LogP contribution is -2.11. The maximum Gasteiger partial charge on any atom is 0.255 e. The van der Waals surface area contributed by atoms with Crippen molar-refractivity contribution in [3.63, 3.8) is 0 Å². The van der Waals surface area contributed by atoms with Crippen LogP contribution < -0.4 is 10.6 Å². The smallest absolute Gasteiger partial charge is 0.255 e. The van der Waals surface area contributed by atoms with Crippen LogP contribution in [0.4, 0.5) is 11.4 Å². The average molecular weight is 427 g/mol. The van der Waals surface area contributed by atoms with Crippen molar-refractivity contribution in [1.29, 1.82) is 0 Å². The highest BCUT2D eigenvalue weighted by molar-refractivity contribution is 6.04. The molecule has 0 aliphatic rings. The molecule has 1 aromatic heterocycles. The van der Waals surface area contributed by atoms with Gasteiger partial charge in [-0.15, -0.1) is 0 Å². The summed E-state index contributed by atoms with van der Waals surface area (Å²) in [6, 6.07) is 20.6. The number of fused-ring (bicyclic) bond motifs is 1. The minimum Gasteiger partial charge on any atom is -0.338 e. The van der Waals surface area contributed by atoms with Crippen LogP contribution in [0.1, 0.15) is 42.1 Å². The fourth-order valence-electron chi connectivity index (χ4n) is 3.40. The first-order valence-electron chi connectivity index (χ1n) is 10.8. The van der Waals surface area contributed by atoms with E-state index in [1.807, 2.05) is 73.7 Å². The number of nitrogens with zero attached hydrogens (tertiary/aromatic N) is 1. The number of unbranched alkanes of at least 4 members (excludes halogenated alkanes) is 1. The number of rotatable bonds is 7. The number of aromatic nitrogens is 2. The molecule has 6 nitrogen and oxygen atoms in total. The predicted octanol–water partition coefficient (Wildman–Crippen LogP) is 5.92. The van der Waals surface area contributed by atoms with Gasteiger partial charge in [0, 0.05) is 28.9 Å². The van der Waals surface area contributed by atoms with Gasteiger partial charge in [-0.1, -0.05) is 31.0 Å². The topological polar surface area (TPSA) is 86.9 Å². The second-order valence-electron chi connectivity index (χ2n) is 7.87. The van der Waals surface area contributed by atoms with Gasteiger partial charge in [0.05, 0.1) is 11.0 Å². The molecule has 0 unspecified atom stereocenters. The predicted molar refractivity (Wildman–Crippen MR) is 129 cm³/mol. The average Bonchev–Trinajstić information content (AvgIpc) is 3.22. The molecular weight excluding hydrogens is 400 g/mol. The third kappa shape index (κ3) is 5.03. The Kier molecular flexibility index (Phi) is 6.31. The summed E-state index contributed by atoms with van der Waals surface area (Å²) >= 11 is 0. The van der Waals surface area contributed by atoms with Gasteiger partial charge in [-0.2, -0.15) is 0 Å². The molecule has 0 radical (unpaired) electrons. The molecule has 0 saturated heterocycles. The minimum atomic E-state index is -0.144. The highest BCUT2D eigenvalue weighted by atomic mass is 16.2. The van der Waals surface area contributed by atoms with Gasteiger partial charge < -0.3 is 15.6 Å². The number of benzene rings is 3. The molecule has 3 N–H and O–H groups in total. The van der Waals surface area contributed by atoms with Crippen LogP contribution >= 0.6 is 0 Å². The van der Waals surface area contributed by atoms with Gasteiger partial charge in [0.25, 0.3) is 5.91 Å². The van der Waals surface area contributed by atoms with E-state index in [0.717, 1.165) is 46.5 Å². The molecule has 0 aliphatic carbocycles. The molecule has 6 heteroatoms. The molecule has 2 amide bonds. The van der Waals surface area contributed by atoms with Gasteiger partial charge in [0.15, 0.2) is 0 Å². The number of hydrogen-bond acceptors (Lipinski definition) is 3. The monoisotopic (exact) mass is 426 g/mol. The molecule has 0 fully saturated rings. The van der Waals surface area contributed by atoms with Crippen molar-refractivity contribution in [3.05, 3.63) is 77.9 Å². The summed E-state index contributed by atoms with van der Waals surface area (Å²) < 4.78 is 0. The number of aryl methyl sites for hydroxylation is 1. The number of hydrogen-bond donors (Lipinski definition) is 3. The zero-order valence-electron chi connectivity index (χ0n) is 18.2. The first-order valence-corrected chi connectivity index (χ1v) is 10.8. The van der Waals surface area contributed by atoms with E-state index in [4.69, 9.17) is 0 Å². The van der Waals surface area contributed by atoms with Gasteiger partial charge in [-0.25, -0.2) is 4.98 Å². The summed E-state index contributed by atoms with van der Waals surface area (Å²) in [4.78, 5) is 32.3. The van der Waals surface area contributed by atoms with Crippen molar-refractivity contribution < 1.29 is 9.59 Å². The Labute approximate surface area is 187 Å². The van der Waals surface area contributed by atoms with Crippen molar-refractivity contribution in [2.24, 2.45) is 0 Å². The van der Waals surface area contributed by atoms with Crippen LogP contribution in [0.25, 0.3) is 22.4 Å². The Bertz CT molecular complexity index is 1240. The summed E-state index contributed by atoms with van der Waals surface area (Å²) in [5.74, 6) is 0.607. The molecule has 4 rings (SSSR count). The number of H-pyrrole nitrogens is 1.